The second kappa shape index (κ2) is 6.23. The maximum absolute atomic E-state index is 12.3. The Balaban J connectivity index is 1.79. The minimum Gasteiger partial charge on any atom is -0.355 e. The van der Waals surface area contributed by atoms with Crippen molar-refractivity contribution in [3.63, 3.8) is 0 Å². The molecule has 1 amide bonds. The summed E-state index contributed by atoms with van der Waals surface area (Å²) in [6.07, 6.45) is 4.51. The summed E-state index contributed by atoms with van der Waals surface area (Å²) in [4.78, 5) is 14.7. The zero-order chi connectivity index (χ0) is 13.9. The molecule has 0 spiro atoms. The molecule has 110 valence electrons. The highest BCUT2D eigenvalue weighted by Crippen LogP contribution is 2.29. The van der Waals surface area contributed by atoms with Crippen LogP contribution in [0.4, 0.5) is 0 Å². The van der Waals surface area contributed by atoms with Crippen LogP contribution in [-0.4, -0.2) is 50.1 Å². The molecule has 0 aromatic carbocycles. The molecular formula is C15H29N3O. The highest BCUT2D eigenvalue weighted by atomic mass is 16.1. The van der Waals surface area contributed by atoms with Crippen molar-refractivity contribution >= 4 is 5.91 Å². The Bertz CT molecular complexity index is 311. The Labute approximate surface area is 117 Å². The van der Waals surface area contributed by atoms with Crippen molar-refractivity contribution in [1.29, 1.82) is 0 Å². The van der Waals surface area contributed by atoms with Crippen LogP contribution in [0.15, 0.2) is 0 Å². The first-order chi connectivity index (χ1) is 9.00. The van der Waals surface area contributed by atoms with E-state index in [2.05, 4.69) is 36.4 Å². The summed E-state index contributed by atoms with van der Waals surface area (Å²) in [5.41, 5.74) is 0.285. The first kappa shape index (κ1) is 14.8. The van der Waals surface area contributed by atoms with Crippen molar-refractivity contribution in [2.24, 2.45) is 11.3 Å². The van der Waals surface area contributed by atoms with Crippen molar-refractivity contribution < 1.29 is 4.79 Å². The Morgan fingerprint density at radius 3 is 2.74 bits per heavy atom. The van der Waals surface area contributed by atoms with Crippen LogP contribution in [-0.2, 0) is 4.79 Å². The average Bonchev–Trinajstić information content (AvgIpc) is 2.41. The van der Waals surface area contributed by atoms with E-state index in [1.54, 1.807) is 0 Å². The second-order valence-electron chi connectivity index (χ2n) is 6.82. The summed E-state index contributed by atoms with van der Waals surface area (Å²) in [6, 6.07) is 0.319. The standard InChI is InChI=1S/C15H29N3O/c1-12-13(5-4-8-16-12)14(19)17-11-15(2)6-9-18(3)10-7-15/h12-13,16H,4-11H2,1-3H3,(H,17,19). The molecule has 2 saturated heterocycles. The van der Waals surface area contributed by atoms with Gasteiger partial charge in [-0.05, 0) is 64.7 Å². The van der Waals surface area contributed by atoms with Gasteiger partial charge in [0, 0.05) is 12.6 Å². The predicted molar refractivity (Wildman–Crippen MR) is 78.0 cm³/mol. The van der Waals surface area contributed by atoms with Gasteiger partial charge in [-0.3, -0.25) is 4.79 Å². The molecule has 0 radical (unpaired) electrons. The summed E-state index contributed by atoms with van der Waals surface area (Å²) >= 11 is 0. The van der Waals surface area contributed by atoms with Crippen LogP contribution in [0.3, 0.4) is 0 Å². The van der Waals surface area contributed by atoms with Gasteiger partial charge < -0.3 is 15.5 Å². The number of rotatable bonds is 3. The highest BCUT2D eigenvalue weighted by molar-refractivity contribution is 5.79. The lowest BCUT2D eigenvalue weighted by Gasteiger charge is -2.38. The van der Waals surface area contributed by atoms with Gasteiger partial charge >= 0.3 is 0 Å². The molecule has 2 heterocycles. The normalized spacial score (nSPS) is 31.9. The summed E-state index contributed by atoms with van der Waals surface area (Å²) in [6.45, 7) is 8.61. The second-order valence-corrected chi connectivity index (χ2v) is 6.82. The van der Waals surface area contributed by atoms with E-state index in [0.29, 0.717) is 6.04 Å². The quantitative estimate of drug-likeness (QED) is 0.808. The molecule has 4 heteroatoms. The zero-order valence-electron chi connectivity index (χ0n) is 12.7. The summed E-state index contributed by atoms with van der Waals surface area (Å²) in [7, 11) is 2.17. The number of likely N-dealkylation sites (tertiary alicyclic amines) is 1. The predicted octanol–water partition coefficient (Wildman–Crippen LogP) is 1.22. The maximum atomic E-state index is 12.3. The molecule has 4 nitrogen and oxygen atoms in total. The first-order valence-electron chi connectivity index (χ1n) is 7.70. The SMILES string of the molecule is CC1NCCCC1C(=O)NCC1(C)CCN(C)CC1. The minimum absolute atomic E-state index is 0.156. The van der Waals surface area contributed by atoms with E-state index in [-0.39, 0.29) is 17.2 Å². The van der Waals surface area contributed by atoms with Crippen LogP contribution in [0.25, 0.3) is 0 Å². The number of carbonyl (C=O) groups is 1. The van der Waals surface area contributed by atoms with Crippen LogP contribution in [0.2, 0.25) is 0 Å². The molecule has 0 bridgehead atoms. The fourth-order valence-electron chi connectivity index (χ4n) is 3.17. The van der Waals surface area contributed by atoms with Crippen LogP contribution >= 0.6 is 0 Å². The van der Waals surface area contributed by atoms with Gasteiger partial charge in [-0.15, -0.1) is 0 Å². The topological polar surface area (TPSA) is 44.4 Å². The Morgan fingerprint density at radius 1 is 1.42 bits per heavy atom. The van der Waals surface area contributed by atoms with Gasteiger partial charge in [-0.1, -0.05) is 6.92 Å². The molecule has 19 heavy (non-hydrogen) atoms. The molecule has 0 aliphatic carbocycles. The van der Waals surface area contributed by atoms with Crippen molar-refractivity contribution in [3.05, 3.63) is 0 Å². The lowest BCUT2D eigenvalue weighted by molar-refractivity contribution is -0.127. The van der Waals surface area contributed by atoms with Gasteiger partial charge in [-0.25, -0.2) is 0 Å². The number of nitrogens with one attached hydrogen (secondary N) is 2. The third-order valence-corrected chi connectivity index (χ3v) is 4.98. The Morgan fingerprint density at radius 2 is 2.11 bits per heavy atom. The van der Waals surface area contributed by atoms with Crippen LogP contribution in [0, 0.1) is 11.3 Å². The number of nitrogens with zero attached hydrogens (tertiary/aromatic N) is 1. The fourth-order valence-corrected chi connectivity index (χ4v) is 3.17. The number of hydrogen-bond acceptors (Lipinski definition) is 3. The molecule has 0 aromatic rings. The zero-order valence-corrected chi connectivity index (χ0v) is 12.7. The lowest BCUT2D eigenvalue weighted by Crippen LogP contribution is -2.49. The van der Waals surface area contributed by atoms with Gasteiger partial charge in [0.05, 0.1) is 5.92 Å². The van der Waals surface area contributed by atoms with E-state index in [9.17, 15) is 4.79 Å². The molecule has 0 aromatic heterocycles. The number of hydrogen-bond donors (Lipinski definition) is 2. The number of carbonyl (C=O) groups excluding carboxylic acids is 1. The number of amides is 1. The van der Waals surface area contributed by atoms with Crippen molar-refractivity contribution in [1.82, 2.24) is 15.5 Å². The summed E-state index contributed by atoms with van der Waals surface area (Å²) < 4.78 is 0. The van der Waals surface area contributed by atoms with E-state index >= 15 is 0 Å². The smallest absolute Gasteiger partial charge is 0.224 e. The highest BCUT2D eigenvalue weighted by Gasteiger charge is 2.32. The number of piperidine rings is 2. The van der Waals surface area contributed by atoms with Crippen molar-refractivity contribution in [3.8, 4) is 0 Å². The molecule has 2 aliphatic rings. The van der Waals surface area contributed by atoms with Crippen LogP contribution in [0.5, 0.6) is 0 Å². The molecule has 2 rings (SSSR count). The Kier molecular flexibility index (Phi) is 4.85. The Hall–Kier alpha value is -0.610. The van der Waals surface area contributed by atoms with E-state index in [1.165, 1.54) is 12.8 Å². The van der Waals surface area contributed by atoms with Gasteiger partial charge in [0.2, 0.25) is 5.91 Å². The van der Waals surface area contributed by atoms with Crippen molar-refractivity contribution in [2.45, 2.75) is 45.6 Å². The molecule has 2 atom stereocenters. The molecule has 0 saturated carbocycles. The largest absolute Gasteiger partial charge is 0.355 e. The maximum Gasteiger partial charge on any atom is 0.224 e. The van der Waals surface area contributed by atoms with Crippen LogP contribution in [0.1, 0.15) is 39.5 Å². The fraction of sp³-hybridized carbons (Fsp3) is 0.933. The van der Waals surface area contributed by atoms with Gasteiger partial charge in [0.1, 0.15) is 0 Å². The van der Waals surface area contributed by atoms with E-state index in [0.717, 1.165) is 39.0 Å². The third kappa shape index (κ3) is 3.93. The van der Waals surface area contributed by atoms with Gasteiger partial charge in [-0.2, -0.15) is 0 Å². The van der Waals surface area contributed by atoms with E-state index in [4.69, 9.17) is 0 Å². The van der Waals surface area contributed by atoms with Gasteiger partial charge in [0.15, 0.2) is 0 Å². The third-order valence-electron chi connectivity index (χ3n) is 4.98. The minimum atomic E-state index is 0.156. The van der Waals surface area contributed by atoms with Crippen LogP contribution < -0.4 is 10.6 Å². The van der Waals surface area contributed by atoms with E-state index in [1.807, 2.05) is 0 Å². The summed E-state index contributed by atoms with van der Waals surface area (Å²) in [5.74, 6) is 0.406. The first-order valence-corrected chi connectivity index (χ1v) is 7.70. The molecule has 2 N–H and O–H groups in total. The monoisotopic (exact) mass is 267 g/mol. The average molecular weight is 267 g/mol. The lowest BCUT2D eigenvalue weighted by atomic mass is 9.80. The van der Waals surface area contributed by atoms with Crippen molar-refractivity contribution in [2.75, 3.05) is 33.2 Å². The molecule has 2 aliphatic heterocycles. The van der Waals surface area contributed by atoms with Gasteiger partial charge in [0.25, 0.3) is 0 Å². The van der Waals surface area contributed by atoms with E-state index < -0.39 is 0 Å². The molecule has 2 fully saturated rings. The molecular weight excluding hydrogens is 238 g/mol. The summed E-state index contributed by atoms with van der Waals surface area (Å²) in [5, 5.41) is 6.61. The molecule has 2 unspecified atom stereocenters.